The second-order valence-corrected chi connectivity index (χ2v) is 8.88. The number of nitrogens with one attached hydrogen (secondary N) is 3. The van der Waals surface area contributed by atoms with Crippen LogP contribution in [-0.4, -0.2) is 45.8 Å². The Morgan fingerprint density at radius 3 is 2.65 bits per heavy atom. The molecule has 9 nitrogen and oxygen atoms in total. The summed E-state index contributed by atoms with van der Waals surface area (Å²) in [7, 11) is 1.76. The average Bonchev–Trinajstić information content (AvgIpc) is 3.28. The molecule has 0 aliphatic carbocycles. The lowest BCUT2D eigenvalue weighted by Crippen LogP contribution is -2.29. The first-order valence-corrected chi connectivity index (χ1v) is 11.6. The average molecular weight is 455 g/mol. The van der Waals surface area contributed by atoms with Crippen molar-refractivity contribution in [2.45, 2.75) is 25.8 Å². The SMILES string of the molecule is Cc1nc(Nc2cnn(C3CCNCC3)c2)nc2c1N(C)C(=O)c1cc3ccccc3cc1N2. The smallest absolute Gasteiger partial charge is 0.260 e. The van der Waals surface area contributed by atoms with Crippen LogP contribution in [0.1, 0.15) is 34.9 Å². The molecule has 0 bridgehead atoms. The number of fused-ring (bicyclic) bond motifs is 3. The van der Waals surface area contributed by atoms with Crippen LogP contribution in [0.15, 0.2) is 48.8 Å². The number of carbonyl (C=O) groups excluding carboxylic acids is 1. The Balaban J connectivity index is 1.35. The van der Waals surface area contributed by atoms with Gasteiger partial charge >= 0.3 is 0 Å². The van der Waals surface area contributed by atoms with Gasteiger partial charge in [-0.15, -0.1) is 0 Å². The molecule has 0 radical (unpaired) electrons. The van der Waals surface area contributed by atoms with Crippen molar-refractivity contribution in [3.63, 3.8) is 0 Å². The van der Waals surface area contributed by atoms with Crippen LogP contribution in [0.2, 0.25) is 0 Å². The van der Waals surface area contributed by atoms with Crippen molar-refractivity contribution >= 4 is 45.5 Å². The van der Waals surface area contributed by atoms with Crippen LogP contribution in [-0.2, 0) is 0 Å². The van der Waals surface area contributed by atoms with Gasteiger partial charge in [0.05, 0.1) is 34.9 Å². The topological polar surface area (TPSA) is 100 Å². The van der Waals surface area contributed by atoms with Crippen molar-refractivity contribution in [3.05, 3.63) is 60.0 Å². The Hall–Kier alpha value is -3.98. The molecule has 2 aromatic heterocycles. The van der Waals surface area contributed by atoms with E-state index in [1.165, 1.54) is 0 Å². The Kier molecular flexibility index (Phi) is 4.91. The number of hydrogen-bond acceptors (Lipinski definition) is 7. The van der Waals surface area contributed by atoms with E-state index in [1.54, 1.807) is 18.1 Å². The third-order valence-electron chi connectivity index (χ3n) is 6.61. The first-order valence-electron chi connectivity index (χ1n) is 11.6. The number of piperidine rings is 1. The van der Waals surface area contributed by atoms with Gasteiger partial charge in [0.2, 0.25) is 5.95 Å². The lowest BCUT2D eigenvalue weighted by molar-refractivity contribution is 0.0994. The molecule has 2 aliphatic rings. The maximum Gasteiger partial charge on any atom is 0.260 e. The molecule has 2 aromatic carbocycles. The van der Waals surface area contributed by atoms with Gasteiger partial charge in [-0.1, -0.05) is 24.3 Å². The monoisotopic (exact) mass is 454 g/mol. The van der Waals surface area contributed by atoms with E-state index < -0.39 is 0 Å². The van der Waals surface area contributed by atoms with E-state index in [0.29, 0.717) is 34.8 Å². The number of benzene rings is 2. The lowest BCUT2D eigenvalue weighted by Gasteiger charge is -2.22. The first-order chi connectivity index (χ1) is 16.6. The van der Waals surface area contributed by atoms with Gasteiger partial charge in [0.1, 0.15) is 5.69 Å². The Morgan fingerprint density at radius 1 is 1.09 bits per heavy atom. The number of aromatic nitrogens is 4. The van der Waals surface area contributed by atoms with Gasteiger partial charge in [0, 0.05) is 13.2 Å². The molecule has 34 heavy (non-hydrogen) atoms. The van der Waals surface area contributed by atoms with Gasteiger partial charge in [-0.25, -0.2) is 4.98 Å². The summed E-state index contributed by atoms with van der Waals surface area (Å²) in [6, 6.07) is 12.3. The number of hydrogen-bond donors (Lipinski definition) is 3. The molecule has 1 fully saturated rings. The molecule has 0 saturated carbocycles. The van der Waals surface area contributed by atoms with E-state index in [9.17, 15) is 4.79 Å². The Bertz CT molecular complexity index is 1410. The molecule has 4 heterocycles. The highest BCUT2D eigenvalue weighted by Gasteiger charge is 2.28. The minimum Gasteiger partial charge on any atom is -0.338 e. The summed E-state index contributed by atoms with van der Waals surface area (Å²) in [5.41, 5.74) is 3.55. The quantitative estimate of drug-likeness (QED) is 0.428. The summed E-state index contributed by atoms with van der Waals surface area (Å²) in [6.45, 7) is 3.91. The molecule has 172 valence electrons. The van der Waals surface area contributed by atoms with Crippen LogP contribution in [0.3, 0.4) is 0 Å². The van der Waals surface area contributed by atoms with Gasteiger partial charge in [-0.3, -0.25) is 9.48 Å². The van der Waals surface area contributed by atoms with E-state index in [1.807, 2.05) is 54.2 Å². The van der Waals surface area contributed by atoms with Crippen molar-refractivity contribution in [3.8, 4) is 0 Å². The van der Waals surface area contributed by atoms with Crippen LogP contribution in [0, 0.1) is 6.92 Å². The van der Waals surface area contributed by atoms with E-state index in [-0.39, 0.29) is 5.91 Å². The maximum absolute atomic E-state index is 13.3. The number of nitrogens with zero attached hydrogens (tertiary/aromatic N) is 5. The molecule has 6 rings (SSSR count). The fraction of sp³-hybridized carbons (Fsp3) is 0.280. The van der Waals surface area contributed by atoms with Gasteiger partial charge in [-0.2, -0.15) is 10.1 Å². The predicted molar refractivity (Wildman–Crippen MR) is 133 cm³/mol. The lowest BCUT2D eigenvalue weighted by atomic mass is 10.0. The van der Waals surface area contributed by atoms with E-state index in [0.717, 1.165) is 48.1 Å². The fourth-order valence-corrected chi connectivity index (χ4v) is 4.84. The highest BCUT2D eigenvalue weighted by Crippen LogP contribution is 2.38. The highest BCUT2D eigenvalue weighted by atomic mass is 16.2. The third-order valence-corrected chi connectivity index (χ3v) is 6.61. The van der Waals surface area contributed by atoms with Crippen molar-refractivity contribution in [1.29, 1.82) is 0 Å². The third kappa shape index (κ3) is 3.54. The molecule has 0 spiro atoms. The van der Waals surface area contributed by atoms with Gasteiger partial charge in [0.25, 0.3) is 5.91 Å². The van der Waals surface area contributed by atoms with Crippen LogP contribution in [0.5, 0.6) is 0 Å². The molecule has 1 amide bonds. The van der Waals surface area contributed by atoms with Gasteiger partial charge in [-0.05, 0) is 55.8 Å². The molecule has 0 unspecified atom stereocenters. The normalized spacial score (nSPS) is 16.1. The second-order valence-electron chi connectivity index (χ2n) is 8.88. The highest BCUT2D eigenvalue weighted by molar-refractivity contribution is 6.15. The minimum absolute atomic E-state index is 0.0948. The summed E-state index contributed by atoms with van der Waals surface area (Å²) < 4.78 is 2.02. The first kappa shape index (κ1) is 20.6. The van der Waals surface area contributed by atoms with Crippen LogP contribution < -0.4 is 20.9 Å². The Morgan fingerprint density at radius 2 is 1.85 bits per heavy atom. The summed E-state index contributed by atoms with van der Waals surface area (Å²) in [4.78, 5) is 24.3. The molecule has 1 saturated heterocycles. The summed E-state index contributed by atoms with van der Waals surface area (Å²) >= 11 is 0. The van der Waals surface area contributed by atoms with Gasteiger partial charge < -0.3 is 20.9 Å². The number of aryl methyl sites for hydroxylation is 1. The van der Waals surface area contributed by atoms with Crippen molar-refractivity contribution in [2.75, 3.05) is 35.7 Å². The second kappa shape index (κ2) is 8.11. The van der Waals surface area contributed by atoms with Crippen LogP contribution >= 0.6 is 0 Å². The fourth-order valence-electron chi connectivity index (χ4n) is 4.84. The molecule has 9 heteroatoms. The van der Waals surface area contributed by atoms with Crippen molar-refractivity contribution < 1.29 is 4.79 Å². The van der Waals surface area contributed by atoms with E-state index in [4.69, 9.17) is 4.98 Å². The van der Waals surface area contributed by atoms with Crippen molar-refractivity contribution in [2.24, 2.45) is 0 Å². The molecule has 2 aliphatic heterocycles. The number of anilines is 5. The molecular formula is C25H26N8O. The minimum atomic E-state index is -0.0948. The van der Waals surface area contributed by atoms with E-state index in [2.05, 4.69) is 26.0 Å². The standard InChI is InChI=1S/C25H26N8O/c1-15-22-23(30-21-12-17-6-4-3-5-16(17)11-20(21)24(34)32(22)2)31-25(28-15)29-18-13-27-33(14-18)19-7-9-26-10-8-19/h3-6,11-14,19,26H,7-10H2,1-2H3,(H2,28,29,30,31). The molecule has 0 atom stereocenters. The number of carbonyl (C=O) groups is 1. The zero-order valence-electron chi connectivity index (χ0n) is 19.2. The molecule has 3 N–H and O–H groups in total. The summed E-state index contributed by atoms with van der Waals surface area (Å²) in [5.74, 6) is 0.951. The Labute approximate surface area is 197 Å². The summed E-state index contributed by atoms with van der Waals surface area (Å²) in [5, 5.41) is 16.7. The predicted octanol–water partition coefficient (Wildman–Crippen LogP) is 4.14. The summed E-state index contributed by atoms with van der Waals surface area (Å²) in [6.07, 6.45) is 5.93. The van der Waals surface area contributed by atoms with Gasteiger partial charge in [0.15, 0.2) is 5.82 Å². The largest absolute Gasteiger partial charge is 0.338 e. The van der Waals surface area contributed by atoms with Crippen LogP contribution in [0.4, 0.5) is 28.8 Å². The van der Waals surface area contributed by atoms with Crippen LogP contribution in [0.25, 0.3) is 10.8 Å². The van der Waals surface area contributed by atoms with Crippen molar-refractivity contribution in [1.82, 2.24) is 25.1 Å². The number of rotatable bonds is 3. The maximum atomic E-state index is 13.3. The molecular weight excluding hydrogens is 428 g/mol. The zero-order valence-corrected chi connectivity index (χ0v) is 19.2. The van der Waals surface area contributed by atoms with E-state index >= 15 is 0 Å². The number of amides is 1. The molecule has 4 aromatic rings. The zero-order chi connectivity index (χ0) is 23.2.